The van der Waals surface area contributed by atoms with E-state index in [1.807, 2.05) is 54.6 Å². The minimum absolute atomic E-state index is 0.0170. The summed E-state index contributed by atoms with van der Waals surface area (Å²) in [5.74, 6) is 0.0170. The van der Waals surface area contributed by atoms with Gasteiger partial charge in [-0.25, -0.2) is 0 Å². The van der Waals surface area contributed by atoms with Gasteiger partial charge in [0.15, 0.2) is 0 Å². The van der Waals surface area contributed by atoms with Crippen LogP contribution in [0.25, 0.3) is 11.1 Å². The highest BCUT2D eigenvalue weighted by Gasteiger charge is 2.07. The fourth-order valence-electron chi connectivity index (χ4n) is 2.78. The van der Waals surface area contributed by atoms with E-state index in [1.165, 1.54) is 5.56 Å². The molecule has 3 aromatic rings. The maximum absolute atomic E-state index is 12.3. The zero-order valence-electron chi connectivity index (χ0n) is 13.8. The van der Waals surface area contributed by atoms with Crippen LogP contribution >= 0.6 is 0 Å². The SMILES string of the molecule is CCc1ccccc1NC(=O)Cc1ccc(-c2ccccc2)cc1. The van der Waals surface area contributed by atoms with Crippen LogP contribution in [-0.2, 0) is 17.6 Å². The minimum Gasteiger partial charge on any atom is -0.326 e. The predicted octanol–water partition coefficient (Wildman–Crippen LogP) is 5.10. The number of benzene rings is 3. The molecule has 2 nitrogen and oxygen atoms in total. The van der Waals surface area contributed by atoms with Crippen molar-refractivity contribution >= 4 is 11.6 Å². The van der Waals surface area contributed by atoms with Crippen molar-refractivity contribution in [2.75, 3.05) is 5.32 Å². The van der Waals surface area contributed by atoms with Crippen LogP contribution in [0.5, 0.6) is 0 Å². The second-order valence-electron chi connectivity index (χ2n) is 5.80. The van der Waals surface area contributed by atoms with Crippen molar-refractivity contribution < 1.29 is 4.79 Å². The van der Waals surface area contributed by atoms with E-state index in [-0.39, 0.29) is 5.91 Å². The summed E-state index contributed by atoms with van der Waals surface area (Å²) in [5.41, 5.74) is 5.43. The molecule has 0 atom stereocenters. The molecular weight excluding hydrogens is 294 g/mol. The first kappa shape index (κ1) is 16.0. The molecule has 0 bridgehead atoms. The molecule has 0 unspecified atom stereocenters. The number of amides is 1. The quantitative estimate of drug-likeness (QED) is 0.697. The van der Waals surface area contributed by atoms with Crippen molar-refractivity contribution in [3.8, 4) is 11.1 Å². The minimum atomic E-state index is 0.0170. The maximum Gasteiger partial charge on any atom is 0.228 e. The Kier molecular flexibility index (Phi) is 5.07. The fourth-order valence-corrected chi connectivity index (χ4v) is 2.78. The van der Waals surface area contributed by atoms with E-state index in [0.29, 0.717) is 6.42 Å². The topological polar surface area (TPSA) is 29.1 Å². The Morgan fingerprint density at radius 1 is 0.792 bits per heavy atom. The molecule has 24 heavy (non-hydrogen) atoms. The van der Waals surface area contributed by atoms with E-state index in [0.717, 1.165) is 28.8 Å². The molecule has 0 aliphatic carbocycles. The van der Waals surface area contributed by atoms with Crippen molar-refractivity contribution in [1.82, 2.24) is 0 Å². The highest BCUT2D eigenvalue weighted by atomic mass is 16.1. The summed E-state index contributed by atoms with van der Waals surface area (Å²) in [5, 5.41) is 3.02. The number of anilines is 1. The highest BCUT2D eigenvalue weighted by Crippen LogP contribution is 2.20. The summed E-state index contributed by atoms with van der Waals surface area (Å²) >= 11 is 0. The number of hydrogen-bond acceptors (Lipinski definition) is 1. The predicted molar refractivity (Wildman–Crippen MR) is 100 cm³/mol. The third-order valence-electron chi connectivity index (χ3n) is 4.10. The van der Waals surface area contributed by atoms with Crippen LogP contribution in [0.15, 0.2) is 78.9 Å². The van der Waals surface area contributed by atoms with Gasteiger partial charge >= 0.3 is 0 Å². The lowest BCUT2D eigenvalue weighted by Gasteiger charge is -2.10. The molecule has 120 valence electrons. The van der Waals surface area contributed by atoms with Gasteiger partial charge in [-0.05, 0) is 34.7 Å². The van der Waals surface area contributed by atoms with Gasteiger partial charge in [0, 0.05) is 5.69 Å². The molecule has 0 saturated heterocycles. The molecule has 3 aromatic carbocycles. The molecule has 0 aliphatic heterocycles. The largest absolute Gasteiger partial charge is 0.326 e. The van der Waals surface area contributed by atoms with Crippen LogP contribution in [0.4, 0.5) is 5.69 Å². The van der Waals surface area contributed by atoms with Gasteiger partial charge in [-0.15, -0.1) is 0 Å². The Bertz CT molecular complexity index is 807. The Morgan fingerprint density at radius 3 is 2.12 bits per heavy atom. The van der Waals surface area contributed by atoms with Gasteiger partial charge in [0.25, 0.3) is 0 Å². The molecule has 0 saturated carbocycles. The van der Waals surface area contributed by atoms with Crippen molar-refractivity contribution in [1.29, 1.82) is 0 Å². The van der Waals surface area contributed by atoms with Crippen molar-refractivity contribution in [2.24, 2.45) is 0 Å². The van der Waals surface area contributed by atoms with Crippen LogP contribution in [0, 0.1) is 0 Å². The smallest absolute Gasteiger partial charge is 0.228 e. The van der Waals surface area contributed by atoms with Gasteiger partial charge in [0.2, 0.25) is 5.91 Å². The molecule has 0 fully saturated rings. The Balaban J connectivity index is 1.67. The molecule has 2 heteroatoms. The zero-order chi connectivity index (χ0) is 16.8. The Morgan fingerprint density at radius 2 is 1.42 bits per heavy atom. The van der Waals surface area contributed by atoms with Crippen molar-refractivity contribution in [3.63, 3.8) is 0 Å². The van der Waals surface area contributed by atoms with Crippen LogP contribution in [0.1, 0.15) is 18.1 Å². The monoisotopic (exact) mass is 315 g/mol. The van der Waals surface area contributed by atoms with Crippen molar-refractivity contribution in [3.05, 3.63) is 90.0 Å². The summed E-state index contributed by atoms with van der Waals surface area (Å²) in [4.78, 5) is 12.3. The van der Waals surface area contributed by atoms with Crippen LogP contribution in [0.3, 0.4) is 0 Å². The van der Waals surface area contributed by atoms with E-state index >= 15 is 0 Å². The standard InChI is InChI=1S/C22H21NO/c1-2-18-8-6-7-11-21(18)23-22(24)16-17-12-14-20(15-13-17)19-9-4-3-5-10-19/h3-15H,2,16H2,1H3,(H,23,24). The molecule has 0 radical (unpaired) electrons. The van der Waals surface area contributed by atoms with Gasteiger partial charge in [-0.2, -0.15) is 0 Å². The molecular formula is C22H21NO. The summed E-state index contributed by atoms with van der Waals surface area (Å²) in [6.45, 7) is 2.09. The number of aryl methyl sites for hydroxylation is 1. The number of rotatable bonds is 5. The first-order chi connectivity index (χ1) is 11.8. The number of carbonyl (C=O) groups is 1. The summed E-state index contributed by atoms with van der Waals surface area (Å²) < 4.78 is 0. The second-order valence-corrected chi connectivity index (χ2v) is 5.80. The molecule has 0 aromatic heterocycles. The molecule has 0 heterocycles. The molecule has 1 N–H and O–H groups in total. The second kappa shape index (κ2) is 7.60. The van der Waals surface area contributed by atoms with Gasteiger partial charge < -0.3 is 5.32 Å². The van der Waals surface area contributed by atoms with E-state index in [9.17, 15) is 4.79 Å². The average molecular weight is 315 g/mol. The Labute approximate surface area is 143 Å². The first-order valence-corrected chi connectivity index (χ1v) is 8.28. The molecule has 0 aliphatic rings. The van der Waals surface area contributed by atoms with Crippen LogP contribution in [0.2, 0.25) is 0 Å². The lowest BCUT2D eigenvalue weighted by Crippen LogP contribution is -2.15. The third kappa shape index (κ3) is 3.90. The molecule has 3 rings (SSSR count). The van der Waals surface area contributed by atoms with Crippen LogP contribution < -0.4 is 5.32 Å². The lowest BCUT2D eigenvalue weighted by molar-refractivity contribution is -0.115. The highest BCUT2D eigenvalue weighted by molar-refractivity contribution is 5.93. The van der Waals surface area contributed by atoms with Gasteiger partial charge in [0.05, 0.1) is 6.42 Å². The Hall–Kier alpha value is -2.87. The lowest BCUT2D eigenvalue weighted by atomic mass is 10.0. The van der Waals surface area contributed by atoms with E-state index in [2.05, 4.69) is 36.5 Å². The van der Waals surface area contributed by atoms with Gasteiger partial charge in [-0.1, -0.05) is 79.7 Å². The molecule has 1 amide bonds. The number of nitrogens with one attached hydrogen (secondary N) is 1. The number of hydrogen-bond donors (Lipinski definition) is 1. The first-order valence-electron chi connectivity index (χ1n) is 8.28. The third-order valence-corrected chi connectivity index (χ3v) is 4.10. The molecule has 0 spiro atoms. The summed E-state index contributed by atoms with van der Waals surface area (Å²) in [6.07, 6.45) is 1.29. The normalized spacial score (nSPS) is 10.4. The van der Waals surface area contributed by atoms with Crippen molar-refractivity contribution in [2.45, 2.75) is 19.8 Å². The fraction of sp³-hybridized carbons (Fsp3) is 0.136. The maximum atomic E-state index is 12.3. The van der Waals surface area contributed by atoms with Gasteiger partial charge in [-0.3, -0.25) is 4.79 Å². The van der Waals surface area contributed by atoms with E-state index < -0.39 is 0 Å². The van der Waals surface area contributed by atoms with Crippen LogP contribution in [-0.4, -0.2) is 5.91 Å². The summed E-state index contributed by atoms with van der Waals surface area (Å²) in [6, 6.07) is 26.4. The number of carbonyl (C=O) groups excluding carboxylic acids is 1. The van der Waals surface area contributed by atoms with Gasteiger partial charge in [0.1, 0.15) is 0 Å². The average Bonchev–Trinajstić information content (AvgIpc) is 2.63. The van der Waals surface area contributed by atoms with E-state index in [1.54, 1.807) is 0 Å². The zero-order valence-corrected chi connectivity index (χ0v) is 13.8. The summed E-state index contributed by atoms with van der Waals surface area (Å²) in [7, 11) is 0. The number of para-hydroxylation sites is 1. The van der Waals surface area contributed by atoms with E-state index in [4.69, 9.17) is 0 Å².